The Morgan fingerprint density at radius 3 is 2.82 bits per heavy atom. The second kappa shape index (κ2) is 4.14. The lowest BCUT2D eigenvalue weighted by molar-refractivity contribution is 0.242. The molecule has 0 aliphatic carbocycles. The van der Waals surface area contributed by atoms with Gasteiger partial charge >= 0.3 is 0 Å². The molecular weight excluding hydrogens is 214 g/mol. The van der Waals surface area contributed by atoms with Crippen LogP contribution < -0.4 is 10.5 Å². The minimum Gasteiger partial charge on any atom is -0.488 e. The van der Waals surface area contributed by atoms with Crippen molar-refractivity contribution in [1.29, 1.82) is 0 Å². The molecule has 1 aliphatic heterocycles. The van der Waals surface area contributed by atoms with Gasteiger partial charge in [0, 0.05) is 25.4 Å². The van der Waals surface area contributed by atoms with E-state index in [1.807, 2.05) is 12.1 Å². The first-order chi connectivity index (χ1) is 8.38. The summed E-state index contributed by atoms with van der Waals surface area (Å²) < 4.78 is 5.84. The SMILES string of the molecule is NC[C@@H]1Cc2cccc(-c3ncccn3)c2O1. The second-order valence-electron chi connectivity index (χ2n) is 4.05. The minimum atomic E-state index is 0.0786. The van der Waals surface area contributed by atoms with Gasteiger partial charge in [0.1, 0.15) is 11.9 Å². The Labute approximate surface area is 99.5 Å². The van der Waals surface area contributed by atoms with Gasteiger partial charge in [0.15, 0.2) is 5.82 Å². The van der Waals surface area contributed by atoms with Gasteiger partial charge in [0.2, 0.25) is 0 Å². The van der Waals surface area contributed by atoms with Crippen LogP contribution in [0, 0.1) is 0 Å². The van der Waals surface area contributed by atoms with Crippen LogP contribution >= 0.6 is 0 Å². The quantitative estimate of drug-likeness (QED) is 0.842. The fourth-order valence-corrected chi connectivity index (χ4v) is 2.08. The molecule has 0 amide bonds. The largest absolute Gasteiger partial charge is 0.488 e. The molecule has 1 aromatic heterocycles. The lowest BCUT2D eigenvalue weighted by Crippen LogP contribution is -2.24. The molecule has 1 aromatic carbocycles. The first kappa shape index (κ1) is 10.2. The number of benzene rings is 1. The summed E-state index contributed by atoms with van der Waals surface area (Å²) in [6.45, 7) is 0.532. The highest BCUT2D eigenvalue weighted by Gasteiger charge is 2.25. The Morgan fingerprint density at radius 2 is 2.06 bits per heavy atom. The zero-order chi connectivity index (χ0) is 11.7. The van der Waals surface area contributed by atoms with Crippen molar-refractivity contribution in [2.24, 2.45) is 5.73 Å². The summed E-state index contributed by atoms with van der Waals surface area (Å²) in [5.74, 6) is 1.58. The highest BCUT2D eigenvalue weighted by atomic mass is 16.5. The highest BCUT2D eigenvalue weighted by Crippen LogP contribution is 2.36. The molecule has 0 saturated carbocycles. The number of rotatable bonds is 2. The van der Waals surface area contributed by atoms with Crippen molar-refractivity contribution in [3.05, 3.63) is 42.2 Å². The summed E-state index contributed by atoms with van der Waals surface area (Å²) in [7, 11) is 0. The molecule has 86 valence electrons. The van der Waals surface area contributed by atoms with E-state index in [-0.39, 0.29) is 6.10 Å². The van der Waals surface area contributed by atoms with Crippen LogP contribution in [0.5, 0.6) is 5.75 Å². The molecule has 17 heavy (non-hydrogen) atoms. The van der Waals surface area contributed by atoms with Crippen LogP contribution in [0.25, 0.3) is 11.4 Å². The summed E-state index contributed by atoms with van der Waals surface area (Å²) in [5, 5.41) is 0. The molecule has 3 rings (SSSR count). The Morgan fingerprint density at radius 1 is 1.24 bits per heavy atom. The van der Waals surface area contributed by atoms with Gasteiger partial charge in [-0.15, -0.1) is 0 Å². The Hall–Kier alpha value is -1.94. The third-order valence-corrected chi connectivity index (χ3v) is 2.90. The average molecular weight is 227 g/mol. The summed E-state index contributed by atoms with van der Waals surface area (Å²) >= 11 is 0. The first-order valence-electron chi connectivity index (χ1n) is 5.64. The van der Waals surface area contributed by atoms with E-state index < -0.39 is 0 Å². The number of ether oxygens (including phenoxy) is 1. The third-order valence-electron chi connectivity index (χ3n) is 2.90. The van der Waals surface area contributed by atoms with Gasteiger partial charge < -0.3 is 10.5 Å². The normalized spacial score (nSPS) is 17.6. The molecule has 4 nitrogen and oxygen atoms in total. The van der Waals surface area contributed by atoms with E-state index in [0.29, 0.717) is 12.4 Å². The highest BCUT2D eigenvalue weighted by molar-refractivity contribution is 5.67. The van der Waals surface area contributed by atoms with Gasteiger partial charge in [-0.05, 0) is 17.7 Å². The van der Waals surface area contributed by atoms with Crippen LogP contribution in [0.1, 0.15) is 5.56 Å². The lowest BCUT2D eigenvalue weighted by atomic mass is 10.1. The van der Waals surface area contributed by atoms with Crippen molar-refractivity contribution in [3.63, 3.8) is 0 Å². The first-order valence-corrected chi connectivity index (χ1v) is 5.64. The number of hydrogen-bond donors (Lipinski definition) is 1. The van der Waals surface area contributed by atoms with Crippen molar-refractivity contribution in [1.82, 2.24) is 9.97 Å². The van der Waals surface area contributed by atoms with Crippen molar-refractivity contribution in [2.45, 2.75) is 12.5 Å². The molecule has 1 atom stereocenters. The number of hydrogen-bond acceptors (Lipinski definition) is 4. The van der Waals surface area contributed by atoms with Crippen LogP contribution in [-0.2, 0) is 6.42 Å². The molecule has 0 saturated heterocycles. The maximum absolute atomic E-state index is 5.84. The topological polar surface area (TPSA) is 61.0 Å². The van der Waals surface area contributed by atoms with E-state index in [9.17, 15) is 0 Å². The van der Waals surface area contributed by atoms with Crippen molar-refractivity contribution in [2.75, 3.05) is 6.54 Å². The van der Waals surface area contributed by atoms with Crippen LogP contribution in [0.4, 0.5) is 0 Å². The van der Waals surface area contributed by atoms with Gasteiger partial charge in [-0.3, -0.25) is 0 Å². The zero-order valence-electron chi connectivity index (χ0n) is 9.34. The van der Waals surface area contributed by atoms with Crippen LogP contribution in [0.3, 0.4) is 0 Å². The molecule has 2 aromatic rings. The molecular formula is C13H13N3O. The Bertz CT molecular complexity index is 527. The van der Waals surface area contributed by atoms with Gasteiger partial charge in [0.05, 0.1) is 5.56 Å². The fourth-order valence-electron chi connectivity index (χ4n) is 2.08. The van der Waals surface area contributed by atoms with Crippen molar-refractivity contribution < 1.29 is 4.74 Å². The molecule has 0 fully saturated rings. The van der Waals surface area contributed by atoms with Crippen molar-refractivity contribution >= 4 is 0 Å². The number of nitrogens with two attached hydrogens (primary N) is 1. The Balaban J connectivity index is 2.07. The predicted molar refractivity (Wildman–Crippen MR) is 64.6 cm³/mol. The molecule has 4 heteroatoms. The molecule has 0 bridgehead atoms. The maximum atomic E-state index is 5.84. The number of para-hydroxylation sites is 1. The van der Waals surface area contributed by atoms with E-state index in [2.05, 4.69) is 16.0 Å². The van der Waals surface area contributed by atoms with Gasteiger partial charge in [-0.2, -0.15) is 0 Å². The average Bonchev–Trinajstić information content (AvgIpc) is 2.82. The summed E-state index contributed by atoms with van der Waals surface area (Å²) in [6, 6.07) is 7.85. The number of fused-ring (bicyclic) bond motifs is 1. The van der Waals surface area contributed by atoms with E-state index in [1.165, 1.54) is 5.56 Å². The second-order valence-corrected chi connectivity index (χ2v) is 4.05. The van der Waals surface area contributed by atoms with E-state index in [4.69, 9.17) is 10.5 Å². The zero-order valence-corrected chi connectivity index (χ0v) is 9.34. The van der Waals surface area contributed by atoms with E-state index in [1.54, 1.807) is 18.5 Å². The monoisotopic (exact) mass is 227 g/mol. The number of nitrogens with zero attached hydrogens (tertiary/aromatic N) is 2. The molecule has 0 unspecified atom stereocenters. The van der Waals surface area contributed by atoms with Crippen molar-refractivity contribution in [3.8, 4) is 17.1 Å². The van der Waals surface area contributed by atoms with Gasteiger partial charge in [-0.1, -0.05) is 12.1 Å². The molecule has 0 radical (unpaired) electrons. The van der Waals surface area contributed by atoms with Crippen LogP contribution in [0.15, 0.2) is 36.7 Å². The fraction of sp³-hybridized carbons (Fsp3) is 0.231. The van der Waals surface area contributed by atoms with E-state index in [0.717, 1.165) is 17.7 Å². The maximum Gasteiger partial charge on any atom is 0.162 e. The summed E-state index contributed by atoms with van der Waals surface area (Å²) in [5.41, 5.74) is 7.77. The van der Waals surface area contributed by atoms with Crippen LogP contribution in [0.2, 0.25) is 0 Å². The minimum absolute atomic E-state index is 0.0786. The van der Waals surface area contributed by atoms with Gasteiger partial charge in [-0.25, -0.2) is 9.97 Å². The molecule has 2 N–H and O–H groups in total. The summed E-state index contributed by atoms with van der Waals surface area (Å²) in [6.07, 6.45) is 4.41. The molecule has 2 heterocycles. The smallest absolute Gasteiger partial charge is 0.162 e. The third kappa shape index (κ3) is 1.76. The Kier molecular flexibility index (Phi) is 2.49. The predicted octanol–water partition coefficient (Wildman–Crippen LogP) is 1.41. The lowest BCUT2D eigenvalue weighted by Gasteiger charge is -2.09. The van der Waals surface area contributed by atoms with E-state index >= 15 is 0 Å². The van der Waals surface area contributed by atoms with Gasteiger partial charge in [0.25, 0.3) is 0 Å². The molecule has 1 aliphatic rings. The summed E-state index contributed by atoms with van der Waals surface area (Å²) in [4.78, 5) is 8.51. The molecule has 0 spiro atoms. The standard InChI is InChI=1S/C13H13N3O/c14-8-10-7-9-3-1-4-11(12(9)17-10)13-15-5-2-6-16-13/h1-6,10H,7-8,14H2/t10-/m0/s1. The van der Waals surface area contributed by atoms with Crippen LogP contribution in [-0.4, -0.2) is 22.6 Å². The number of aromatic nitrogens is 2.